The highest BCUT2D eigenvalue weighted by atomic mass is 16.5. The number of aryl methyl sites for hydroxylation is 1. The van der Waals surface area contributed by atoms with Crippen molar-refractivity contribution in [2.45, 2.75) is 43.9 Å². The van der Waals surface area contributed by atoms with Crippen LogP contribution < -0.4 is 9.47 Å². The molecule has 3 nitrogen and oxygen atoms in total. The molecule has 0 saturated carbocycles. The van der Waals surface area contributed by atoms with Gasteiger partial charge >= 0.3 is 0 Å². The van der Waals surface area contributed by atoms with E-state index < -0.39 is 0 Å². The summed E-state index contributed by atoms with van der Waals surface area (Å²) in [5.41, 5.74) is 5.65. The Morgan fingerprint density at radius 3 is 2.33 bits per heavy atom. The van der Waals surface area contributed by atoms with Gasteiger partial charge in [-0.2, -0.15) is 0 Å². The van der Waals surface area contributed by atoms with Crippen molar-refractivity contribution in [1.29, 1.82) is 0 Å². The minimum atomic E-state index is 0.328. The van der Waals surface area contributed by atoms with Gasteiger partial charge in [0.05, 0.1) is 7.11 Å². The van der Waals surface area contributed by atoms with Crippen LogP contribution in [0.5, 0.6) is 11.5 Å². The third kappa shape index (κ3) is 5.09. The number of rotatable bonds is 7. The lowest BCUT2D eigenvalue weighted by molar-refractivity contribution is 0.237. The molecule has 0 aromatic heterocycles. The number of hydrogen-bond donors (Lipinski definition) is 0. The molecule has 1 fully saturated rings. The second kappa shape index (κ2) is 10.4. The van der Waals surface area contributed by atoms with Crippen molar-refractivity contribution < 1.29 is 9.47 Å². The van der Waals surface area contributed by atoms with Crippen LogP contribution in [0.4, 0.5) is 0 Å². The molecule has 1 aliphatic carbocycles. The maximum absolute atomic E-state index is 6.09. The summed E-state index contributed by atoms with van der Waals surface area (Å²) in [4.78, 5) is 2.50. The van der Waals surface area contributed by atoms with Crippen LogP contribution in [0.3, 0.4) is 0 Å². The average molecular weight is 442 g/mol. The summed E-state index contributed by atoms with van der Waals surface area (Å²) in [7, 11) is 1.76. The van der Waals surface area contributed by atoms with Crippen LogP contribution in [0.2, 0.25) is 0 Å². The van der Waals surface area contributed by atoms with E-state index in [2.05, 4.69) is 77.7 Å². The molecule has 0 N–H and O–H groups in total. The van der Waals surface area contributed by atoms with Crippen molar-refractivity contribution in [3.63, 3.8) is 0 Å². The maximum atomic E-state index is 6.09. The highest BCUT2D eigenvalue weighted by Gasteiger charge is 2.30. The molecule has 2 aliphatic rings. The highest BCUT2D eigenvalue weighted by Crippen LogP contribution is 2.46. The van der Waals surface area contributed by atoms with Crippen molar-refractivity contribution in [2.75, 3.05) is 33.4 Å². The molecular formula is C30H35NO2. The number of ether oxygens (including phenoxy) is 2. The molecule has 1 aliphatic heterocycles. The van der Waals surface area contributed by atoms with Crippen molar-refractivity contribution in [3.05, 3.63) is 95.1 Å². The summed E-state index contributed by atoms with van der Waals surface area (Å²) >= 11 is 0. The minimum Gasteiger partial charge on any atom is -0.497 e. The molecule has 0 amide bonds. The molecule has 3 aromatic carbocycles. The summed E-state index contributed by atoms with van der Waals surface area (Å²) < 4.78 is 11.6. The standard InChI is InChI=1S/C30H35NO2/c1-32-27-16-17-29-25(22-27)10-7-11-28(23-8-3-2-4-9-23)30(29)24-12-14-26(15-13-24)33-21-20-31-18-5-6-19-31/h2-4,8-9,12-17,22,28,30H,5-7,10-11,18-21H2,1H3. The molecule has 0 radical (unpaired) electrons. The number of nitrogens with zero attached hydrogens (tertiary/aromatic N) is 1. The van der Waals surface area contributed by atoms with E-state index >= 15 is 0 Å². The lowest BCUT2D eigenvalue weighted by Crippen LogP contribution is -2.25. The van der Waals surface area contributed by atoms with Gasteiger partial charge in [-0.1, -0.05) is 48.5 Å². The molecule has 5 rings (SSSR count). The average Bonchev–Trinajstić information content (AvgIpc) is 3.31. The van der Waals surface area contributed by atoms with Gasteiger partial charge in [0, 0.05) is 12.5 Å². The Bertz CT molecular complexity index is 1020. The lowest BCUT2D eigenvalue weighted by Gasteiger charge is -2.28. The SMILES string of the molecule is COc1ccc2c(c1)CCCC(c1ccccc1)C2c1ccc(OCCN2CCCC2)cc1. The number of likely N-dealkylation sites (tertiary alicyclic amines) is 1. The third-order valence-corrected chi connectivity index (χ3v) is 7.39. The first kappa shape index (κ1) is 22.0. The molecular weight excluding hydrogens is 406 g/mol. The number of hydrogen-bond acceptors (Lipinski definition) is 3. The van der Waals surface area contributed by atoms with Gasteiger partial charge in [-0.15, -0.1) is 0 Å². The van der Waals surface area contributed by atoms with Crippen LogP contribution in [0.15, 0.2) is 72.8 Å². The predicted octanol–water partition coefficient (Wildman–Crippen LogP) is 6.42. The van der Waals surface area contributed by atoms with Gasteiger partial charge in [-0.3, -0.25) is 4.90 Å². The van der Waals surface area contributed by atoms with E-state index in [1.165, 1.54) is 61.0 Å². The minimum absolute atomic E-state index is 0.328. The molecule has 1 heterocycles. The topological polar surface area (TPSA) is 21.7 Å². The highest BCUT2D eigenvalue weighted by molar-refractivity contribution is 5.47. The van der Waals surface area contributed by atoms with Crippen LogP contribution in [-0.2, 0) is 6.42 Å². The van der Waals surface area contributed by atoms with Gasteiger partial charge in [-0.25, -0.2) is 0 Å². The Balaban J connectivity index is 1.42. The summed E-state index contributed by atoms with van der Waals surface area (Å²) in [5, 5.41) is 0. The Labute approximate surface area is 198 Å². The van der Waals surface area contributed by atoms with E-state index in [1.807, 2.05) is 0 Å². The third-order valence-electron chi connectivity index (χ3n) is 7.39. The zero-order valence-electron chi connectivity index (χ0n) is 19.7. The molecule has 3 heteroatoms. The van der Waals surface area contributed by atoms with Crippen LogP contribution in [-0.4, -0.2) is 38.3 Å². The molecule has 3 aromatic rings. The van der Waals surface area contributed by atoms with E-state index in [0.717, 1.165) is 31.1 Å². The molecule has 2 unspecified atom stereocenters. The smallest absolute Gasteiger partial charge is 0.119 e. The molecule has 0 spiro atoms. The van der Waals surface area contributed by atoms with Gasteiger partial charge in [0.2, 0.25) is 0 Å². The summed E-state index contributed by atoms with van der Waals surface area (Å²) in [6, 6.07) is 26.6. The van der Waals surface area contributed by atoms with E-state index in [1.54, 1.807) is 7.11 Å². The van der Waals surface area contributed by atoms with Gasteiger partial charge < -0.3 is 9.47 Å². The van der Waals surface area contributed by atoms with E-state index in [0.29, 0.717) is 11.8 Å². The normalized spacial score (nSPS) is 20.8. The Hall–Kier alpha value is -2.78. The van der Waals surface area contributed by atoms with E-state index in [-0.39, 0.29) is 0 Å². The van der Waals surface area contributed by atoms with E-state index in [9.17, 15) is 0 Å². The monoisotopic (exact) mass is 441 g/mol. The number of methoxy groups -OCH3 is 1. The molecule has 33 heavy (non-hydrogen) atoms. The second-order valence-corrected chi connectivity index (χ2v) is 9.42. The fraction of sp³-hybridized carbons (Fsp3) is 0.400. The summed E-state index contributed by atoms with van der Waals surface area (Å²) in [6.45, 7) is 4.22. The summed E-state index contributed by atoms with van der Waals surface area (Å²) in [5.74, 6) is 2.71. The molecule has 172 valence electrons. The van der Waals surface area contributed by atoms with Crippen LogP contribution in [0, 0.1) is 0 Å². The van der Waals surface area contributed by atoms with Crippen molar-refractivity contribution in [3.8, 4) is 11.5 Å². The zero-order valence-corrected chi connectivity index (χ0v) is 19.7. The maximum Gasteiger partial charge on any atom is 0.119 e. The second-order valence-electron chi connectivity index (χ2n) is 9.42. The fourth-order valence-electron chi connectivity index (χ4n) is 5.67. The quantitative estimate of drug-likeness (QED) is 0.395. The van der Waals surface area contributed by atoms with Crippen molar-refractivity contribution in [1.82, 2.24) is 4.90 Å². The van der Waals surface area contributed by atoms with Crippen molar-refractivity contribution >= 4 is 0 Å². The first-order valence-electron chi connectivity index (χ1n) is 12.5. The number of benzene rings is 3. The predicted molar refractivity (Wildman–Crippen MR) is 135 cm³/mol. The van der Waals surface area contributed by atoms with Crippen molar-refractivity contribution in [2.24, 2.45) is 0 Å². The first-order chi connectivity index (χ1) is 16.3. The van der Waals surface area contributed by atoms with Crippen LogP contribution >= 0.6 is 0 Å². The van der Waals surface area contributed by atoms with Gasteiger partial charge in [0.25, 0.3) is 0 Å². The lowest BCUT2D eigenvalue weighted by atomic mass is 9.76. The van der Waals surface area contributed by atoms with Crippen LogP contribution in [0.25, 0.3) is 0 Å². The Kier molecular flexibility index (Phi) is 6.97. The summed E-state index contributed by atoms with van der Waals surface area (Å²) in [6.07, 6.45) is 6.12. The number of fused-ring (bicyclic) bond motifs is 1. The van der Waals surface area contributed by atoms with Gasteiger partial charge in [-0.05, 0) is 97.6 Å². The van der Waals surface area contributed by atoms with Crippen LogP contribution in [0.1, 0.15) is 59.8 Å². The van der Waals surface area contributed by atoms with Gasteiger partial charge in [0.1, 0.15) is 18.1 Å². The molecule has 2 atom stereocenters. The van der Waals surface area contributed by atoms with Gasteiger partial charge in [0.15, 0.2) is 0 Å². The zero-order chi connectivity index (χ0) is 22.5. The molecule has 1 saturated heterocycles. The first-order valence-corrected chi connectivity index (χ1v) is 12.5. The fourth-order valence-corrected chi connectivity index (χ4v) is 5.67. The largest absolute Gasteiger partial charge is 0.497 e. The Morgan fingerprint density at radius 1 is 0.818 bits per heavy atom. The van der Waals surface area contributed by atoms with E-state index in [4.69, 9.17) is 9.47 Å². The Morgan fingerprint density at radius 2 is 1.58 bits per heavy atom. The molecule has 0 bridgehead atoms.